The van der Waals surface area contributed by atoms with Gasteiger partial charge >= 0.3 is 0 Å². The van der Waals surface area contributed by atoms with Crippen LogP contribution in [0.5, 0.6) is 0 Å². The molecule has 0 saturated heterocycles. The molecule has 0 aliphatic rings. The van der Waals surface area contributed by atoms with Gasteiger partial charge in [0.2, 0.25) is 0 Å². The van der Waals surface area contributed by atoms with Crippen molar-refractivity contribution in [3.63, 3.8) is 0 Å². The Kier molecular flexibility index (Phi) is 4.62. The molecule has 0 radical (unpaired) electrons. The van der Waals surface area contributed by atoms with Crippen molar-refractivity contribution in [2.45, 2.75) is 25.9 Å². The highest BCUT2D eigenvalue weighted by Gasteiger charge is 2.14. The van der Waals surface area contributed by atoms with Crippen LogP contribution in [0.1, 0.15) is 47.6 Å². The molecule has 5 nitrogen and oxygen atoms in total. The molecule has 24 heavy (non-hydrogen) atoms. The second-order valence-electron chi connectivity index (χ2n) is 6.20. The summed E-state index contributed by atoms with van der Waals surface area (Å²) >= 11 is 0. The maximum Gasteiger partial charge on any atom is 0.271 e. The molecular weight excluding hydrogens is 302 g/mol. The third-order valence-electron chi connectivity index (χ3n) is 4.07. The number of aliphatic hydroxyl groups is 1. The summed E-state index contributed by atoms with van der Waals surface area (Å²) in [4.78, 5) is 12.1. The lowest BCUT2D eigenvalue weighted by Gasteiger charge is -2.12. The van der Waals surface area contributed by atoms with Crippen molar-refractivity contribution in [2.24, 2.45) is 0 Å². The largest absolute Gasteiger partial charge is 0.387 e. The first-order valence-corrected chi connectivity index (χ1v) is 8.05. The van der Waals surface area contributed by atoms with Gasteiger partial charge in [-0.2, -0.15) is 5.10 Å². The molecule has 0 fully saturated rings. The number of aromatic nitrogens is 2. The monoisotopic (exact) mass is 323 g/mol. The molecule has 2 aromatic carbocycles. The molecule has 3 aromatic rings. The maximum atomic E-state index is 12.1. The van der Waals surface area contributed by atoms with Gasteiger partial charge in [0.1, 0.15) is 5.69 Å². The lowest BCUT2D eigenvalue weighted by atomic mass is 10.0. The second kappa shape index (κ2) is 6.84. The van der Waals surface area contributed by atoms with Crippen molar-refractivity contribution in [3.05, 3.63) is 65.5 Å². The van der Waals surface area contributed by atoms with E-state index in [1.807, 2.05) is 56.3 Å². The highest BCUT2D eigenvalue weighted by molar-refractivity contribution is 5.92. The predicted octanol–water partition coefficient (Wildman–Crippen LogP) is 3.15. The third kappa shape index (κ3) is 3.46. The van der Waals surface area contributed by atoms with E-state index in [4.69, 9.17) is 0 Å². The molecule has 0 aliphatic carbocycles. The van der Waals surface area contributed by atoms with Crippen LogP contribution in [0.4, 0.5) is 0 Å². The number of nitrogens with zero attached hydrogens (tertiary/aromatic N) is 1. The third-order valence-corrected chi connectivity index (χ3v) is 4.07. The summed E-state index contributed by atoms with van der Waals surface area (Å²) in [5.41, 5.74) is 2.03. The molecule has 3 rings (SSSR count). The van der Waals surface area contributed by atoms with Crippen LogP contribution in [0.25, 0.3) is 10.8 Å². The number of amides is 1. The number of H-pyrrole nitrogens is 1. The van der Waals surface area contributed by atoms with Crippen LogP contribution in [-0.2, 0) is 0 Å². The quantitative estimate of drug-likeness (QED) is 0.675. The van der Waals surface area contributed by atoms with Gasteiger partial charge in [0.05, 0.1) is 6.10 Å². The number of nitrogens with one attached hydrogen (secondary N) is 2. The summed E-state index contributed by atoms with van der Waals surface area (Å²) < 4.78 is 0. The summed E-state index contributed by atoms with van der Waals surface area (Å²) in [5.74, 6) is -0.0137. The van der Waals surface area contributed by atoms with Crippen molar-refractivity contribution >= 4 is 16.7 Å². The average molecular weight is 323 g/mol. The van der Waals surface area contributed by atoms with Crippen molar-refractivity contribution in [1.82, 2.24) is 15.5 Å². The number of hydrogen-bond acceptors (Lipinski definition) is 3. The minimum Gasteiger partial charge on any atom is -0.387 e. The van der Waals surface area contributed by atoms with Gasteiger partial charge in [-0.1, -0.05) is 50.2 Å². The Morgan fingerprint density at radius 2 is 1.92 bits per heavy atom. The van der Waals surface area contributed by atoms with Gasteiger partial charge in [-0.3, -0.25) is 9.89 Å². The van der Waals surface area contributed by atoms with E-state index in [9.17, 15) is 9.90 Å². The van der Waals surface area contributed by atoms with E-state index in [-0.39, 0.29) is 18.4 Å². The van der Waals surface area contributed by atoms with Gasteiger partial charge in [-0.15, -0.1) is 0 Å². The van der Waals surface area contributed by atoms with Crippen LogP contribution in [0, 0.1) is 0 Å². The summed E-state index contributed by atoms with van der Waals surface area (Å²) in [6, 6.07) is 15.5. The van der Waals surface area contributed by atoms with E-state index in [1.54, 1.807) is 6.07 Å². The number of aliphatic hydroxyl groups excluding tert-OH is 1. The van der Waals surface area contributed by atoms with Crippen LogP contribution in [-0.4, -0.2) is 27.8 Å². The van der Waals surface area contributed by atoms with E-state index in [0.717, 1.165) is 22.0 Å². The first-order valence-electron chi connectivity index (χ1n) is 8.05. The Hall–Kier alpha value is -2.66. The van der Waals surface area contributed by atoms with E-state index in [1.165, 1.54) is 0 Å². The fourth-order valence-corrected chi connectivity index (χ4v) is 2.56. The van der Waals surface area contributed by atoms with Crippen molar-refractivity contribution < 1.29 is 9.90 Å². The minimum absolute atomic E-state index is 0.140. The predicted molar refractivity (Wildman–Crippen MR) is 93.9 cm³/mol. The SMILES string of the molecule is CC(C)c1cc(C(=O)NCC(O)c2ccc3ccccc3c2)n[nH]1. The van der Waals surface area contributed by atoms with Gasteiger partial charge in [-0.25, -0.2) is 0 Å². The lowest BCUT2D eigenvalue weighted by molar-refractivity contribution is 0.0911. The molecule has 1 amide bonds. The standard InChI is InChI=1S/C19H21N3O2/c1-12(2)16-10-17(22-21-16)19(24)20-11-18(23)15-8-7-13-5-3-4-6-14(13)9-15/h3-10,12,18,23H,11H2,1-2H3,(H,20,24)(H,21,22). The molecule has 3 N–H and O–H groups in total. The van der Waals surface area contributed by atoms with Crippen LogP contribution in [0.2, 0.25) is 0 Å². The van der Waals surface area contributed by atoms with E-state index in [2.05, 4.69) is 15.5 Å². The average Bonchev–Trinajstić information content (AvgIpc) is 3.09. The minimum atomic E-state index is -0.762. The Morgan fingerprint density at radius 3 is 2.62 bits per heavy atom. The summed E-state index contributed by atoms with van der Waals surface area (Å²) in [7, 11) is 0. The smallest absolute Gasteiger partial charge is 0.271 e. The van der Waals surface area contributed by atoms with Gasteiger partial charge in [0.25, 0.3) is 5.91 Å². The first-order chi connectivity index (χ1) is 11.5. The molecule has 1 aromatic heterocycles. The van der Waals surface area contributed by atoms with Crippen LogP contribution in [0.3, 0.4) is 0 Å². The number of carbonyl (C=O) groups excluding carboxylic acids is 1. The van der Waals surface area contributed by atoms with Crippen LogP contribution in [0.15, 0.2) is 48.5 Å². The Morgan fingerprint density at radius 1 is 1.17 bits per heavy atom. The van der Waals surface area contributed by atoms with Gasteiger partial charge in [-0.05, 0) is 34.4 Å². The Bertz CT molecular complexity index is 854. The molecule has 124 valence electrons. The van der Waals surface area contributed by atoms with E-state index < -0.39 is 6.10 Å². The molecule has 1 atom stereocenters. The van der Waals surface area contributed by atoms with Gasteiger partial charge in [0.15, 0.2) is 0 Å². The molecule has 0 spiro atoms. The highest BCUT2D eigenvalue weighted by atomic mass is 16.3. The number of hydrogen-bond donors (Lipinski definition) is 3. The molecule has 0 bridgehead atoms. The lowest BCUT2D eigenvalue weighted by Crippen LogP contribution is -2.28. The normalized spacial score (nSPS) is 12.5. The molecule has 1 heterocycles. The zero-order valence-electron chi connectivity index (χ0n) is 13.8. The fraction of sp³-hybridized carbons (Fsp3) is 0.263. The second-order valence-corrected chi connectivity index (χ2v) is 6.20. The van der Waals surface area contributed by atoms with E-state index in [0.29, 0.717) is 5.69 Å². The summed E-state index contributed by atoms with van der Waals surface area (Å²) in [6.07, 6.45) is -0.762. The number of fused-ring (bicyclic) bond motifs is 1. The Labute approximate surface area is 140 Å². The first kappa shape index (κ1) is 16.2. The van der Waals surface area contributed by atoms with Gasteiger partial charge < -0.3 is 10.4 Å². The van der Waals surface area contributed by atoms with Crippen molar-refractivity contribution in [2.75, 3.05) is 6.54 Å². The number of carbonyl (C=O) groups is 1. The molecule has 1 unspecified atom stereocenters. The molecule has 5 heteroatoms. The fourth-order valence-electron chi connectivity index (χ4n) is 2.56. The molecule has 0 saturated carbocycles. The maximum absolute atomic E-state index is 12.1. The van der Waals surface area contributed by atoms with Crippen molar-refractivity contribution in [1.29, 1.82) is 0 Å². The zero-order valence-corrected chi connectivity index (χ0v) is 13.8. The molecular formula is C19H21N3O2. The topological polar surface area (TPSA) is 78.0 Å². The highest BCUT2D eigenvalue weighted by Crippen LogP contribution is 2.20. The van der Waals surface area contributed by atoms with Crippen molar-refractivity contribution in [3.8, 4) is 0 Å². The van der Waals surface area contributed by atoms with Crippen LogP contribution < -0.4 is 5.32 Å². The zero-order chi connectivity index (χ0) is 17.1. The van der Waals surface area contributed by atoms with Crippen LogP contribution >= 0.6 is 0 Å². The van der Waals surface area contributed by atoms with E-state index >= 15 is 0 Å². The number of benzene rings is 2. The molecule has 0 aliphatic heterocycles. The number of aromatic amines is 1. The number of rotatable bonds is 5. The van der Waals surface area contributed by atoms with Gasteiger partial charge in [0, 0.05) is 12.2 Å². The Balaban J connectivity index is 1.65. The summed E-state index contributed by atoms with van der Waals surface area (Å²) in [6.45, 7) is 4.19. The summed E-state index contributed by atoms with van der Waals surface area (Å²) in [5, 5.41) is 22.1.